The zero-order chi connectivity index (χ0) is 30.4. The predicted octanol–water partition coefficient (Wildman–Crippen LogP) is 0.963. The topological polar surface area (TPSA) is 161 Å². The summed E-state index contributed by atoms with van der Waals surface area (Å²) in [7, 11) is 2.58. The summed E-state index contributed by atoms with van der Waals surface area (Å²) in [5.74, 6) is -2.55. The maximum absolute atomic E-state index is 13.3. The summed E-state index contributed by atoms with van der Waals surface area (Å²) in [6, 6.07) is 1.89. The number of ether oxygens (including phenoxy) is 3. The van der Waals surface area contributed by atoms with Crippen LogP contribution in [-0.2, 0) is 41.2 Å². The molecule has 3 rings (SSSR count). The van der Waals surface area contributed by atoms with Gasteiger partial charge in [-0.15, -0.1) is 0 Å². The Hall–Kier alpha value is -3.82. The van der Waals surface area contributed by atoms with E-state index in [1.807, 2.05) is 0 Å². The number of aromatic nitrogens is 1. The maximum Gasteiger partial charge on any atom is 0.416 e. The largest absolute Gasteiger partial charge is 0.416 e. The molecular weight excluding hydrogens is 553 g/mol. The number of methoxy groups -OCH3 is 2. The van der Waals surface area contributed by atoms with Gasteiger partial charge in [0.1, 0.15) is 23.4 Å². The first-order valence-electron chi connectivity index (χ1n) is 12.4. The number of benzene rings is 1. The Kier molecular flexibility index (Phi) is 10.2. The number of aryl methyl sites for hydroxylation is 1. The van der Waals surface area contributed by atoms with Gasteiger partial charge in [-0.2, -0.15) is 13.2 Å². The van der Waals surface area contributed by atoms with Gasteiger partial charge in [-0.3, -0.25) is 19.2 Å². The summed E-state index contributed by atoms with van der Waals surface area (Å²) in [6.45, 7) is 2.58. The Morgan fingerprint density at radius 2 is 1.59 bits per heavy atom. The van der Waals surface area contributed by atoms with Gasteiger partial charge in [0, 0.05) is 20.3 Å². The number of ketones is 1. The number of epoxide rings is 1. The lowest BCUT2D eigenvalue weighted by Gasteiger charge is -2.25. The minimum Gasteiger partial charge on any atom is -0.382 e. The van der Waals surface area contributed by atoms with Crippen LogP contribution in [0.3, 0.4) is 0 Å². The van der Waals surface area contributed by atoms with Crippen LogP contribution in [0.5, 0.6) is 0 Å². The van der Waals surface area contributed by atoms with Gasteiger partial charge in [-0.25, -0.2) is 0 Å². The molecule has 1 aliphatic heterocycles. The van der Waals surface area contributed by atoms with Gasteiger partial charge in [0.05, 0.1) is 31.4 Å². The molecule has 4 unspecified atom stereocenters. The molecular formula is C26H31F3N4O8. The summed E-state index contributed by atoms with van der Waals surface area (Å²) in [4.78, 5) is 51.9. The SMILES string of the molecule is COCC(NC(=O)c1cc(C)on1)C(=O)NC(COC)C(=O)NC(Cc1cccc(C(F)(F)F)c1)C(=O)C1(C)CO1. The normalized spacial score (nSPS) is 18.6. The molecule has 4 atom stereocenters. The van der Waals surface area contributed by atoms with Gasteiger partial charge in [-0.05, 0) is 31.9 Å². The fraction of sp³-hybridized carbons (Fsp3) is 0.500. The Balaban J connectivity index is 1.75. The van der Waals surface area contributed by atoms with Crippen molar-refractivity contribution < 1.29 is 51.1 Å². The van der Waals surface area contributed by atoms with Crippen LogP contribution in [0.15, 0.2) is 34.9 Å². The van der Waals surface area contributed by atoms with Crippen molar-refractivity contribution in [2.45, 2.75) is 50.2 Å². The Morgan fingerprint density at radius 3 is 2.10 bits per heavy atom. The van der Waals surface area contributed by atoms with Crippen LogP contribution in [0.4, 0.5) is 13.2 Å². The lowest BCUT2D eigenvalue weighted by Crippen LogP contribution is -2.59. The lowest BCUT2D eigenvalue weighted by molar-refractivity contribution is -0.137. The van der Waals surface area contributed by atoms with Gasteiger partial charge in [0.15, 0.2) is 11.5 Å². The van der Waals surface area contributed by atoms with Crippen LogP contribution in [0, 0.1) is 6.92 Å². The highest BCUT2D eigenvalue weighted by atomic mass is 19.4. The predicted molar refractivity (Wildman–Crippen MR) is 135 cm³/mol. The molecule has 0 bridgehead atoms. The summed E-state index contributed by atoms with van der Waals surface area (Å²) in [6.07, 6.45) is -4.86. The third-order valence-corrected chi connectivity index (χ3v) is 6.21. The van der Waals surface area contributed by atoms with E-state index in [9.17, 15) is 32.3 Å². The minimum absolute atomic E-state index is 0.0747. The Labute approximate surface area is 233 Å². The molecule has 1 fully saturated rings. The lowest BCUT2D eigenvalue weighted by atomic mass is 9.94. The number of nitrogens with one attached hydrogen (secondary N) is 3. The van der Waals surface area contributed by atoms with Crippen LogP contribution in [-0.4, -0.2) is 86.4 Å². The van der Waals surface area contributed by atoms with Gasteiger partial charge in [-0.1, -0.05) is 23.4 Å². The molecule has 224 valence electrons. The zero-order valence-corrected chi connectivity index (χ0v) is 22.8. The third kappa shape index (κ3) is 8.58. The van der Waals surface area contributed by atoms with Crippen molar-refractivity contribution in [3.8, 4) is 0 Å². The number of Topliss-reactive ketones (excluding diaryl/α,β-unsaturated/α-hetero) is 1. The third-order valence-electron chi connectivity index (χ3n) is 6.21. The number of nitrogens with zero attached hydrogens (tertiary/aromatic N) is 1. The average molecular weight is 585 g/mol. The first-order chi connectivity index (χ1) is 19.3. The van der Waals surface area contributed by atoms with Crippen molar-refractivity contribution >= 4 is 23.5 Å². The van der Waals surface area contributed by atoms with Crippen molar-refractivity contribution in [3.05, 3.63) is 52.9 Å². The first kappa shape index (κ1) is 31.7. The molecule has 3 amide bonds. The molecule has 1 aliphatic rings. The number of rotatable bonds is 14. The van der Waals surface area contributed by atoms with Gasteiger partial charge >= 0.3 is 6.18 Å². The molecule has 41 heavy (non-hydrogen) atoms. The van der Waals surface area contributed by atoms with Crippen molar-refractivity contribution in [3.63, 3.8) is 0 Å². The highest BCUT2D eigenvalue weighted by molar-refractivity contribution is 5.99. The van der Waals surface area contributed by atoms with Crippen LogP contribution in [0.1, 0.15) is 34.3 Å². The minimum atomic E-state index is -4.60. The van der Waals surface area contributed by atoms with Gasteiger partial charge in [0.25, 0.3) is 5.91 Å². The number of carbonyl (C=O) groups excluding carboxylic acids is 4. The summed E-state index contributed by atoms with van der Waals surface area (Å²) < 4.78 is 59.8. The van der Waals surface area contributed by atoms with E-state index >= 15 is 0 Å². The van der Waals surface area contributed by atoms with E-state index in [-0.39, 0.29) is 37.5 Å². The molecule has 15 heteroatoms. The molecule has 1 aromatic carbocycles. The quantitative estimate of drug-likeness (QED) is 0.275. The average Bonchev–Trinajstić information content (AvgIpc) is 3.52. The highest BCUT2D eigenvalue weighted by Crippen LogP contribution is 2.31. The number of alkyl halides is 3. The number of carbonyl (C=O) groups is 4. The summed E-state index contributed by atoms with van der Waals surface area (Å²) >= 11 is 0. The molecule has 0 saturated carbocycles. The van der Waals surface area contributed by atoms with E-state index in [1.165, 1.54) is 39.3 Å². The van der Waals surface area contributed by atoms with E-state index < -0.39 is 59.0 Å². The first-order valence-corrected chi connectivity index (χ1v) is 12.4. The smallest absolute Gasteiger partial charge is 0.382 e. The van der Waals surface area contributed by atoms with E-state index in [1.54, 1.807) is 6.92 Å². The van der Waals surface area contributed by atoms with Crippen molar-refractivity contribution in [1.82, 2.24) is 21.1 Å². The second-order valence-electron chi connectivity index (χ2n) is 9.67. The summed E-state index contributed by atoms with van der Waals surface area (Å²) in [5.41, 5.74) is -2.03. The van der Waals surface area contributed by atoms with E-state index in [0.29, 0.717) is 5.76 Å². The van der Waals surface area contributed by atoms with Crippen LogP contribution < -0.4 is 16.0 Å². The second-order valence-corrected chi connectivity index (χ2v) is 9.67. The Bertz CT molecular complexity index is 1260. The fourth-order valence-corrected chi connectivity index (χ4v) is 3.89. The Morgan fingerprint density at radius 1 is 1.00 bits per heavy atom. The molecule has 3 N–H and O–H groups in total. The van der Waals surface area contributed by atoms with Crippen molar-refractivity contribution in [2.24, 2.45) is 0 Å². The molecule has 0 spiro atoms. The molecule has 1 saturated heterocycles. The van der Waals surface area contributed by atoms with Gasteiger partial charge < -0.3 is 34.7 Å². The monoisotopic (exact) mass is 584 g/mol. The highest BCUT2D eigenvalue weighted by Gasteiger charge is 2.50. The maximum atomic E-state index is 13.3. The zero-order valence-electron chi connectivity index (χ0n) is 22.8. The molecule has 2 heterocycles. The molecule has 1 aromatic heterocycles. The van der Waals surface area contributed by atoms with Crippen LogP contribution in [0.25, 0.3) is 0 Å². The standard InChI is InChI=1S/C26H31F3N4O8/c1-14-8-18(33-41-14)22(35)31-20(12-39-4)24(37)32-19(11-38-3)23(36)30-17(21(34)25(2)13-40-25)10-15-6-5-7-16(9-15)26(27,28)29/h5-9,17,19-20H,10-13H2,1-4H3,(H,30,36)(H,31,35)(H,32,37). The molecule has 12 nitrogen and oxygen atoms in total. The van der Waals surface area contributed by atoms with E-state index in [0.717, 1.165) is 12.1 Å². The molecule has 0 aliphatic carbocycles. The molecule has 2 aromatic rings. The van der Waals surface area contributed by atoms with Gasteiger partial charge in [0.2, 0.25) is 11.8 Å². The molecule has 0 radical (unpaired) electrons. The van der Waals surface area contributed by atoms with Crippen LogP contribution >= 0.6 is 0 Å². The fourth-order valence-electron chi connectivity index (χ4n) is 3.89. The van der Waals surface area contributed by atoms with Crippen LogP contribution in [0.2, 0.25) is 0 Å². The number of hydrogen-bond donors (Lipinski definition) is 3. The van der Waals surface area contributed by atoms with E-state index in [2.05, 4.69) is 21.1 Å². The van der Waals surface area contributed by atoms with Crippen molar-refractivity contribution in [1.29, 1.82) is 0 Å². The summed E-state index contributed by atoms with van der Waals surface area (Å²) in [5, 5.41) is 11.0. The van der Waals surface area contributed by atoms with E-state index in [4.69, 9.17) is 18.7 Å². The number of hydrogen-bond acceptors (Lipinski definition) is 9. The number of halogens is 3. The number of amides is 3. The van der Waals surface area contributed by atoms with Crippen molar-refractivity contribution in [2.75, 3.05) is 34.0 Å². The second kappa shape index (κ2) is 13.2.